The molecule has 272 valence electrons. The van der Waals surface area contributed by atoms with Gasteiger partial charge in [-0.25, -0.2) is 4.79 Å². The molecule has 0 aliphatic carbocycles. The van der Waals surface area contributed by atoms with Crippen molar-refractivity contribution in [1.29, 1.82) is 0 Å². The second kappa shape index (κ2) is 21.1. The lowest BCUT2D eigenvalue weighted by Crippen LogP contribution is -2.59. The summed E-state index contributed by atoms with van der Waals surface area (Å²) in [5, 5.41) is 31.5. The van der Waals surface area contributed by atoms with Gasteiger partial charge in [0.1, 0.15) is 30.2 Å². The third kappa shape index (κ3) is 17.1. The van der Waals surface area contributed by atoms with E-state index in [9.17, 15) is 48.6 Å². The fourth-order valence-corrected chi connectivity index (χ4v) is 4.80. The van der Waals surface area contributed by atoms with Crippen LogP contribution in [-0.4, -0.2) is 87.8 Å². The second-order valence-electron chi connectivity index (χ2n) is 12.7. The molecule has 0 aliphatic heterocycles. The summed E-state index contributed by atoms with van der Waals surface area (Å²) in [5.41, 5.74) is 5.84. The van der Waals surface area contributed by atoms with Crippen LogP contribution in [0, 0.1) is 11.8 Å². The van der Waals surface area contributed by atoms with Gasteiger partial charge in [0, 0.05) is 19.8 Å². The summed E-state index contributed by atoms with van der Waals surface area (Å²) in [6, 6.07) is 1.83. The first kappa shape index (κ1) is 42.0. The molecule has 0 bridgehead atoms. The number of primary amides is 1. The van der Waals surface area contributed by atoms with Crippen LogP contribution in [0.25, 0.3) is 0 Å². The number of amides is 6. The molecule has 0 heterocycles. The van der Waals surface area contributed by atoms with Gasteiger partial charge in [0.15, 0.2) is 0 Å². The number of carbonyl (C=O) groups is 8. The third-order valence-corrected chi connectivity index (χ3v) is 7.29. The number of rotatable bonds is 22. The van der Waals surface area contributed by atoms with Crippen LogP contribution < -0.4 is 32.3 Å². The van der Waals surface area contributed by atoms with Crippen LogP contribution in [0.15, 0.2) is 30.3 Å². The normalized spacial score (nSPS) is 14.0. The number of hydrogen-bond acceptors (Lipinski definition) is 8. The highest BCUT2D eigenvalue weighted by molar-refractivity contribution is 5.97. The first-order valence-electron chi connectivity index (χ1n) is 16.1. The summed E-state index contributed by atoms with van der Waals surface area (Å²) >= 11 is 0. The van der Waals surface area contributed by atoms with Gasteiger partial charge in [-0.2, -0.15) is 0 Å². The maximum atomic E-state index is 13.5. The standard InChI is InChI=1S/C33H50N6O10/c1-18(2)11-12-23(36-29(44)22(35-20(5)40)13-14-27(34)41)30(45)38-25(17-28(42)43)32(47)37-24(15-19(3)4)31(46)39-26(33(48)49)16-21-9-7-6-8-10-21/h6-10,18-19,22-26H,11-17H2,1-5H3,(H2,34,41)(H,35,40)(H,36,44)(H,37,47)(H,38,45)(H,39,46)(H,42,43)(H,48,49)/t22-,23-,24-,25?,26?/m0/s1. The molecule has 0 saturated carbocycles. The molecule has 0 radical (unpaired) electrons. The second-order valence-corrected chi connectivity index (χ2v) is 12.7. The summed E-state index contributed by atoms with van der Waals surface area (Å²) in [6.07, 6.45) is -0.705. The smallest absolute Gasteiger partial charge is 0.326 e. The van der Waals surface area contributed by atoms with E-state index in [1.54, 1.807) is 44.2 Å². The van der Waals surface area contributed by atoms with Crippen LogP contribution in [-0.2, 0) is 44.8 Å². The van der Waals surface area contributed by atoms with Crippen molar-refractivity contribution in [3.05, 3.63) is 35.9 Å². The molecule has 1 rings (SSSR count). The van der Waals surface area contributed by atoms with Gasteiger partial charge in [-0.15, -0.1) is 0 Å². The average Bonchev–Trinajstić information content (AvgIpc) is 2.99. The first-order valence-corrected chi connectivity index (χ1v) is 16.1. The largest absolute Gasteiger partial charge is 0.481 e. The van der Waals surface area contributed by atoms with Crippen molar-refractivity contribution in [2.75, 3.05) is 0 Å². The SMILES string of the molecule is CC(=O)N[C@@H](CCC(N)=O)C(=O)N[C@@H](CCC(C)C)C(=O)NC(CC(=O)O)C(=O)N[C@@H](CC(C)C)C(=O)NC(Cc1ccccc1)C(=O)O. The Hall–Kier alpha value is -5.02. The van der Waals surface area contributed by atoms with Gasteiger partial charge in [-0.1, -0.05) is 58.0 Å². The minimum Gasteiger partial charge on any atom is -0.481 e. The quantitative estimate of drug-likeness (QED) is 0.0806. The van der Waals surface area contributed by atoms with Crippen LogP contribution in [0.3, 0.4) is 0 Å². The predicted octanol–water partition coefficient (Wildman–Crippen LogP) is -0.0199. The number of nitrogens with one attached hydrogen (secondary N) is 5. The highest BCUT2D eigenvalue weighted by Crippen LogP contribution is 2.11. The summed E-state index contributed by atoms with van der Waals surface area (Å²) in [4.78, 5) is 100. The summed E-state index contributed by atoms with van der Waals surface area (Å²) in [5.74, 6) is -7.62. The van der Waals surface area contributed by atoms with Crippen molar-refractivity contribution in [2.24, 2.45) is 17.6 Å². The molecular weight excluding hydrogens is 640 g/mol. The molecule has 2 unspecified atom stereocenters. The van der Waals surface area contributed by atoms with E-state index in [0.29, 0.717) is 12.0 Å². The van der Waals surface area contributed by atoms with E-state index in [2.05, 4.69) is 26.6 Å². The highest BCUT2D eigenvalue weighted by atomic mass is 16.4. The lowest BCUT2D eigenvalue weighted by Gasteiger charge is -2.27. The van der Waals surface area contributed by atoms with E-state index in [1.165, 1.54) is 6.92 Å². The van der Waals surface area contributed by atoms with Gasteiger partial charge in [0.25, 0.3) is 0 Å². The van der Waals surface area contributed by atoms with E-state index < -0.39 is 84.0 Å². The van der Waals surface area contributed by atoms with E-state index in [0.717, 1.165) is 0 Å². The lowest BCUT2D eigenvalue weighted by molar-refractivity contribution is -0.143. The number of carbonyl (C=O) groups excluding carboxylic acids is 6. The maximum absolute atomic E-state index is 13.5. The van der Waals surface area contributed by atoms with Crippen LogP contribution in [0.2, 0.25) is 0 Å². The molecule has 1 aromatic rings. The van der Waals surface area contributed by atoms with Crippen LogP contribution in [0.4, 0.5) is 0 Å². The van der Waals surface area contributed by atoms with E-state index in [-0.39, 0.29) is 43.9 Å². The van der Waals surface area contributed by atoms with Crippen molar-refractivity contribution < 1.29 is 48.6 Å². The van der Waals surface area contributed by atoms with Crippen molar-refractivity contribution in [3.8, 4) is 0 Å². The molecule has 5 atom stereocenters. The molecule has 0 aliphatic rings. The van der Waals surface area contributed by atoms with E-state index >= 15 is 0 Å². The lowest BCUT2D eigenvalue weighted by atomic mass is 10.00. The van der Waals surface area contributed by atoms with E-state index in [1.807, 2.05) is 13.8 Å². The minimum absolute atomic E-state index is 0.0310. The van der Waals surface area contributed by atoms with Crippen LogP contribution in [0.1, 0.15) is 78.7 Å². The fraction of sp³-hybridized carbons (Fsp3) is 0.576. The van der Waals surface area contributed by atoms with Crippen LogP contribution >= 0.6 is 0 Å². The van der Waals surface area contributed by atoms with Gasteiger partial charge in [0.05, 0.1) is 6.42 Å². The molecule has 1 aromatic carbocycles. The van der Waals surface area contributed by atoms with Gasteiger partial charge in [-0.3, -0.25) is 33.6 Å². The van der Waals surface area contributed by atoms with Crippen molar-refractivity contribution >= 4 is 47.4 Å². The number of carboxylic acids is 2. The van der Waals surface area contributed by atoms with Gasteiger partial charge < -0.3 is 42.5 Å². The van der Waals surface area contributed by atoms with Crippen LogP contribution in [0.5, 0.6) is 0 Å². The zero-order valence-electron chi connectivity index (χ0n) is 28.6. The Kier molecular flexibility index (Phi) is 18.0. The Balaban J connectivity index is 3.23. The number of nitrogens with two attached hydrogens (primary N) is 1. The summed E-state index contributed by atoms with van der Waals surface area (Å²) < 4.78 is 0. The topological polar surface area (TPSA) is 263 Å². The molecular formula is C33H50N6O10. The van der Waals surface area contributed by atoms with Gasteiger partial charge >= 0.3 is 11.9 Å². The number of carboxylic acid groups (broad SMARTS) is 2. The Labute approximate surface area is 285 Å². The fourth-order valence-electron chi connectivity index (χ4n) is 4.80. The minimum atomic E-state index is -1.69. The highest BCUT2D eigenvalue weighted by Gasteiger charge is 2.33. The molecule has 0 spiro atoms. The van der Waals surface area contributed by atoms with Crippen molar-refractivity contribution in [1.82, 2.24) is 26.6 Å². The Bertz CT molecular complexity index is 1320. The average molecular weight is 691 g/mol. The molecule has 0 aromatic heterocycles. The van der Waals surface area contributed by atoms with Crippen molar-refractivity contribution in [3.63, 3.8) is 0 Å². The molecule has 0 fully saturated rings. The predicted molar refractivity (Wildman–Crippen MR) is 177 cm³/mol. The molecule has 0 saturated heterocycles. The van der Waals surface area contributed by atoms with Gasteiger partial charge in [-0.05, 0) is 43.1 Å². The molecule has 49 heavy (non-hydrogen) atoms. The monoisotopic (exact) mass is 690 g/mol. The zero-order chi connectivity index (χ0) is 37.3. The maximum Gasteiger partial charge on any atom is 0.326 e. The summed E-state index contributed by atoms with van der Waals surface area (Å²) in [6.45, 7) is 8.45. The number of hydrogen-bond donors (Lipinski definition) is 8. The Morgan fingerprint density at radius 1 is 0.633 bits per heavy atom. The molecule has 16 nitrogen and oxygen atoms in total. The number of aliphatic carboxylic acids is 2. The Morgan fingerprint density at radius 2 is 1.12 bits per heavy atom. The Morgan fingerprint density at radius 3 is 1.61 bits per heavy atom. The molecule has 9 N–H and O–H groups in total. The molecule has 16 heteroatoms. The first-order chi connectivity index (χ1) is 22.9. The summed E-state index contributed by atoms with van der Waals surface area (Å²) in [7, 11) is 0. The van der Waals surface area contributed by atoms with E-state index in [4.69, 9.17) is 5.73 Å². The zero-order valence-corrected chi connectivity index (χ0v) is 28.6. The van der Waals surface area contributed by atoms with Gasteiger partial charge in [0.2, 0.25) is 35.4 Å². The third-order valence-electron chi connectivity index (χ3n) is 7.29. The molecule has 6 amide bonds. The number of benzene rings is 1. The van der Waals surface area contributed by atoms with Crippen molar-refractivity contribution in [2.45, 2.75) is 110 Å².